The molecule has 0 bridgehead atoms. The Bertz CT molecular complexity index is 378. The van der Waals surface area contributed by atoms with E-state index in [4.69, 9.17) is 5.11 Å². The van der Waals surface area contributed by atoms with Crippen molar-refractivity contribution in [3.05, 3.63) is 12.7 Å². The van der Waals surface area contributed by atoms with Crippen molar-refractivity contribution in [2.75, 3.05) is 6.54 Å². The minimum Gasteiger partial charge on any atom is -0.481 e. The molecule has 4 heteroatoms. The van der Waals surface area contributed by atoms with Gasteiger partial charge >= 0.3 is 5.97 Å². The third kappa shape index (κ3) is 4.09. The zero-order valence-electron chi connectivity index (χ0n) is 12.9. The number of carboxylic acid groups (broad SMARTS) is 1. The molecular formula is C16H27NO3. The Morgan fingerprint density at radius 3 is 2.60 bits per heavy atom. The normalized spacial score (nSPS) is 22.4. The third-order valence-corrected chi connectivity index (χ3v) is 4.00. The predicted octanol–water partition coefficient (Wildman–Crippen LogP) is 3.08. The van der Waals surface area contributed by atoms with Gasteiger partial charge in [0, 0.05) is 12.6 Å². The van der Waals surface area contributed by atoms with Crippen LogP contribution in [0.15, 0.2) is 12.7 Å². The van der Waals surface area contributed by atoms with E-state index in [2.05, 4.69) is 6.58 Å². The van der Waals surface area contributed by atoms with Gasteiger partial charge < -0.3 is 10.0 Å². The molecule has 0 aromatic rings. The summed E-state index contributed by atoms with van der Waals surface area (Å²) in [5.74, 6) is -0.651. The second kappa shape index (κ2) is 6.91. The van der Waals surface area contributed by atoms with E-state index in [1.165, 1.54) is 0 Å². The summed E-state index contributed by atoms with van der Waals surface area (Å²) in [5.41, 5.74) is -0.821. The fraction of sp³-hybridized carbons (Fsp3) is 0.750. The highest BCUT2D eigenvalue weighted by Gasteiger charge is 2.41. The lowest BCUT2D eigenvalue weighted by molar-refractivity contribution is -0.152. The lowest BCUT2D eigenvalue weighted by Crippen LogP contribution is -2.50. The molecule has 1 saturated heterocycles. The third-order valence-electron chi connectivity index (χ3n) is 4.00. The lowest BCUT2D eigenvalue weighted by Gasteiger charge is -2.40. The molecule has 0 spiro atoms. The van der Waals surface area contributed by atoms with E-state index in [0.29, 0.717) is 13.0 Å². The summed E-state index contributed by atoms with van der Waals surface area (Å²) in [4.78, 5) is 25.9. The maximum atomic E-state index is 12.9. The highest BCUT2D eigenvalue weighted by molar-refractivity contribution is 5.87. The van der Waals surface area contributed by atoms with E-state index < -0.39 is 11.4 Å². The van der Waals surface area contributed by atoms with Gasteiger partial charge in [0.15, 0.2) is 0 Å². The van der Waals surface area contributed by atoms with Crippen molar-refractivity contribution in [3.63, 3.8) is 0 Å². The molecule has 1 fully saturated rings. The molecule has 0 radical (unpaired) electrons. The number of carbonyl (C=O) groups excluding carboxylic acids is 1. The summed E-state index contributed by atoms with van der Waals surface area (Å²) in [6.07, 6.45) is 5.32. The van der Waals surface area contributed by atoms with Crippen LogP contribution < -0.4 is 0 Å². The number of likely N-dealkylation sites (tertiary alicyclic amines) is 1. The lowest BCUT2D eigenvalue weighted by atomic mass is 9.77. The maximum absolute atomic E-state index is 12.9. The van der Waals surface area contributed by atoms with Crippen LogP contribution in [0.3, 0.4) is 0 Å². The van der Waals surface area contributed by atoms with Crippen molar-refractivity contribution < 1.29 is 14.7 Å². The Kier molecular flexibility index (Phi) is 5.78. The van der Waals surface area contributed by atoms with Gasteiger partial charge in [-0.2, -0.15) is 0 Å². The van der Waals surface area contributed by atoms with Crippen molar-refractivity contribution in [2.24, 2.45) is 11.3 Å². The number of carbonyl (C=O) groups is 2. The van der Waals surface area contributed by atoms with Crippen molar-refractivity contribution in [2.45, 2.75) is 58.9 Å². The fourth-order valence-electron chi connectivity index (χ4n) is 3.27. The van der Waals surface area contributed by atoms with E-state index in [1.54, 1.807) is 6.92 Å². The molecule has 1 rings (SSSR count). The van der Waals surface area contributed by atoms with E-state index in [-0.39, 0.29) is 24.3 Å². The SMILES string of the molecule is C=CC1CCCCN1C(=O)C(C)(CC(=O)O)CC(C)C. The van der Waals surface area contributed by atoms with Crippen molar-refractivity contribution >= 4 is 11.9 Å². The molecule has 4 nitrogen and oxygen atoms in total. The summed E-state index contributed by atoms with van der Waals surface area (Å²) >= 11 is 0. The first kappa shape index (κ1) is 16.7. The highest BCUT2D eigenvalue weighted by atomic mass is 16.4. The first-order valence-electron chi connectivity index (χ1n) is 7.45. The van der Waals surface area contributed by atoms with Gasteiger partial charge in [-0.15, -0.1) is 6.58 Å². The molecule has 0 saturated carbocycles. The molecule has 20 heavy (non-hydrogen) atoms. The van der Waals surface area contributed by atoms with Crippen LogP contribution in [0.5, 0.6) is 0 Å². The zero-order valence-corrected chi connectivity index (χ0v) is 12.9. The minimum absolute atomic E-state index is 0.0294. The van der Waals surface area contributed by atoms with Gasteiger partial charge in [-0.25, -0.2) is 0 Å². The molecule has 2 unspecified atom stereocenters. The van der Waals surface area contributed by atoms with Gasteiger partial charge in [0.05, 0.1) is 11.8 Å². The second-order valence-electron chi connectivity index (χ2n) is 6.53. The number of rotatable bonds is 6. The quantitative estimate of drug-likeness (QED) is 0.761. The Morgan fingerprint density at radius 1 is 1.45 bits per heavy atom. The summed E-state index contributed by atoms with van der Waals surface area (Å²) < 4.78 is 0. The number of hydrogen-bond donors (Lipinski definition) is 1. The molecule has 114 valence electrons. The van der Waals surface area contributed by atoms with Crippen LogP contribution in [0.25, 0.3) is 0 Å². The van der Waals surface area contributed by atoms with Gasteiger partial charge in [0.2, 0.25) is 5.91 Å². The topological polar surface area (TPSA) is 57.6 Å². The summed E-state index contributed by atoms with van der Waals surface area (Å²) in [6.45, 7) is 10.4. The average Bonchev–Trinajstić information content (AvgIpc) is 2.35. The number of piperidine rings is 1. The van der Waals surface area contributed by atoms with Crippen LogP contribution in [-0.4, -0.2) is 34.5 Å². The largest absolute Gasteiger partial charge is 0.481 e. The minimum atomic E-state index is -0.909. The monoisotopic (exact) mass is 281 g/mol. The molecule has 1 aliphatic heterocycles. The Balaban J connectivity index is 2.96. The van der Waals surface area contributed by atoms with Gasteiger partial charge in [-0.05, 0) is 31.6 Å². The van der Waals surface area contributed by atoms with Gasteiger partial charge in [-0.1, -0.05) is 26.8 Å². The van der Waals surface area contributed by atoms with Crippen LogP contribution in [-0.2, 0) is 9.59 Å². The van der Waals surface area contributed by atoms with E-state index >= 15 is 0 Å². The molecule has 2 atom stereocenters. The highest BCUT2D eigenvalue weighted by Crippen LogP contribution is 2.34. The number of nitrogens with zero attached hydrogens (tertiary/aromatic N) is 1. The van der Waals surface area contributed by atoms with Crippen molar-refractivity contribution in [1.29, 1.82) is 0 Å². The summed E-state index contributed by atoms with van der Waals surface area (Å²) in [5, 5.41) is 9.14. The molecule has 1 N–H and O–H groups in total. The average molecular weight is 281 g/mol. The molecule has 0 aromatic heterocycles. The van der Waals surface area contributed by atoms with Gasteiger partial charge in [0.1, 0.15) is 0 Å². The Labute approximate surface area is 121 Å². The fourth-order valence-corrected chi connectivity index (χ4v) is 3.27. The van der Waals surface area contributed by atoms with E-state index in [9.17, 15) is 9.59 Å². The second-order valence-corrected chi connectivity index (χ2v) is 6.53. The number of carboxylic acids is 1. The Hall–Kier alpha value is -1.32. The molecule has 0 aliphatic carbocycles. The van der Waals surface area contributed by atoms with Crippen LogP contribution in [0.2, 0.25) is 0 Å². The number of hydrogen-bond acceptors (Lipinski definition) is 2. The van der Waals surface area contributed by atoms with Crippen LogP contribution >= 0.6 is 0 Å². The maximum Gasteiger partial charge on any atom is 0.304 e. The van der Waals surface area contributed by atoms with Gasteiger partial charge in [0.25, 0.3) is 0 Å². The molecule has 1 aliphatic rings. The predicted molar refractivity (Wildman–Crippen MR) is 79.4 cm³/mol. The molecule has 1 heterocycles. The molecular weight excluding hydrogens is 254 g/mol. The first-order chi connectivity index (χ1) is 9.30. The zero-order chi connectivity index (χ0) is 15.3. The van der Waals surface area contributed by atoms with Crippen LogP contribution in [0.4, 0.5) is 0 Å². The van der Waals surface area contributed by atoms with Gasteiger partial charge in [-0.3, -0.25) is 9.59 Å². The van der Waals surface area contributed by atoms with Crippen molar-refractivity contribution in [1.82, 2.24) is 4.90 Å². The van der Waals surface area contributed by atoms with E-state index in [0.717, 1.165) is 19.3 Å². The van der Waals surface area contributed by atoms with Crippen LogP contribution in [0, 0.1) is 11.3 Å². The summed E-state index contributed by atoms with van der Waals surface area (Å²) in [7, 11) is 0. The number of aliphatic carboxylic acids is 1. The summed E-state index contributed by atoms with van der Waals surface area (Å²) in [6, 6.07) is 0.0523. The number of amides is 1. The van der Waals surface area contributed by atoms with Crippen LogP contribution in [0.1, 0.15) is 52.9 Å². The Morgan fingerprint density at radius 2 is 2.10 bits per heavy atom. The van der Waals surface area contributed by atoms with E-state index in [1.807, 2.05) is 24.8 Å². The standard InChI is InChI=1S/C16H27NO3/c1-5-13-8-6-7-9-17(13)15(20)16(4,10-12(2)3)11-14(18)19/h5,12-13H,1,6-11H2,2-4H3,(H,18,19). The smallest absolute Gasteiger partial charge is 0.304 e. The van der Waals surface area contributed by atoms with Crippen molar-refractivity contribution in [3.8, 4) is 0 Å². The molecule has 1 amide bonds. The molecule has 0 aromatic carbocycles. The first-order valence-corrected chi connectivity index (χ1v) is 7.45.